The van der Waals surface area contributed by atoms with E-state index in [0.717, 1.165) is 28.4 Å². The van der Waals surface area contributed by atoms with Gasteiger partial charge in [0.2, 0.25) is 11.8 Å². The average Bonchev–Trinajstić information content (AvgIpc) is 3.12. The zero-order valence-electron chi connectivity index (χ0n) is 18.1. The van der Waals surface area contributed by atoms with E-state index in [1.807, 2.05) is 30.3 Å². The Morgan fingerprint density at radius 1 is 1.00 bits per heavy atom. The smallest absolute Gasteiger partial charge is 0.234 e. The first-order valence-corrected chi connectivity index (χ1v) is 10.6. The number of aryl methyl sites for hydroxylation is 1. The van der Waals surface area contributed by atoms with Crippen LogP contribution in [-0.4, -0.2) is 16.4 Å². The Labute approximate surface area is 186 Å². The van der Waals surface area contributed by atoms with Gasteiger partial charge in [-0.2, -0.15) is 5.26 Å². The van der Waals surface area contributed by atoms with Gasteiger partial charge in [-0.15, -0.1) is 0 Å². The molecule has 0 bridgehead atoms. The number of carbonyl (C=O) groups excluding carboxylic acids is 2. The topological polar surface area (TPSA) is 92.1 Å². The molecule has 1 unspecified atom stereocenters. The summed E-state index contributed by atoms with van der Waals surface area (Å²) in [5.74, 6) is -1.34. The van der Waals surface area contributed by atoms with Crippen molar-refractivity contribution in [3.05, 3.63) is 72.3 Å². The Balaban J connectivity index is 1.90. The number of para-hydroxylation sites is 1. The largest absolute Gasteiger partial charge is 0.370 e. The van der Waals surface area contributed by atoms with Gasteiger partial charge in [0.15, 0.2) is 0 Å². The molecule has 0 radical (unpaired) electrons. The minimum atomic E-state index is -0.587. The van der Waals surface area contributed by atoms with Crippen molar-refractivity contribution in [2.24, 2.45) is 11.7 Å². The maximum absolute atomic E-state index is 13.4. The van der Waals surface area contributed by atoms with E-state index in [1.165, 1.54) is 0 Å². The third-order valence-corrected chi connectivity index (χ3v) is 5.73. The number of nitriles is 1. The molecule has 3 aromatic carbocycles. The molecule has 0 fully saturated rings. The van der Waals surface area contributed by atoms with Crippen LogP contribution in [0.1, 0.15) is 25.8 Å². The van der Waals surface area contributed by atoms with Gasteiger partial charge in [-0.3, -0.25) is 14.5 Å². The molecule has 0 saturated carbocycles. The van der Waals surface area contributed by atoms with Gasteiger partial charge in [-0.05, 0) is 55.5 Å². The average molecular weight is 425 g/mol. The molecule has 160 valence electrons. The second-order valence-corrected chi connectivity index (χ2v) is 7.87. The number of primary amides is 1. The summed E-state index contributed by atoms with van der Waals surface area (Å²) in [6, 6.07) is 23.1. The lowest BCUT2D eigenvalue weighted by molar-refractivity contribution is -0.126. The van der Waals surface area contributed by atoms with E-state index in [4.69, 9.17) is 11.0 Å². The molecule has 0 aliphatic rings. The maximum Gasteiger partial charge on any atom is 0.234 e. The number of nitrogens with zero attached hydrogens (tertiary/aromatic N) is 3. The first-order valence-electron chi connectivity index (χ1n) is 10.6. The molecule has 1 aromatic heterocycles. The quantitative estimate of drug-likeness (QED) is 0.479. The van der Waals surface area contributed by atoms with Crippen molar-refractivity contribution in [2.45, 2.75) is 26.8 Å². The summed E-state index contributed by atoms with van der Waals surface area (Å²) in [7, 11) is 0. The molecular formula is C26H24N4O2. The van der Waals surface area contributed by atoms with Crippen LogP contribution in [0.25, 0.3) is 21.8 Å². The number of nitrogens with two attached hydrogens (primary N) is 1. The standard InChI is InChI=1S/C26H24N4O2/c1-3-29-23-7-5-4-6-21(23)22-15-20(12-13-24(22)29)30(26(32)17(2)14-25(28)31)19-10-8-18(16-27)9-11-19/h4-13,15,17H,3,14H2,1-2H3,(H2,28,31). The summed E-state index contributed by atoms with van der Waals surface area (Å²) in [4.78, 5) is 26.5. The Morgan fingerprint density at radius 3 is 2.31 bits per heavy atom. The van der Waals surface area contributed by atoms with Crippen molar-refractivity contribution in [3.63, 3.8) is 0 Å². The first-order chi connectivity index (χ1) is 15.4. The number of carbonyl (C=O) groups is 2. The minimum absolute atomic E-state index is 0.0387. The summed E-state index contributed by atoms with van der Waals surface area (Å²) in [6.07, 6.45) is -0.0387. The third-order valence-electron chi connectivity index (χ3n) is 5.73. The number of anilines is 2. The van der Waals surface area contributed by atoms with Gasteiger partial charge < -0.3 is 10.3 Å². The van der Waals surface area contributed by atoms with Gasteiger partial charge in [0, 0.05) is 52.1 Å². The Kier molecular flexibility index (Phi) is 5.65. The van der Waals surface area contributed by atoms with Crippen molar-refractivity contribution >= 4 is 45.0 Å². The molecule has 1 heterocycles. The van der Waals surface area contributed by atoms with E-state index >= 15 is 0 Å². The number of aromatic nitrogens is 1. The molecular weight excluding hydrogens is 400 g/mol. The molecule has 32 heavy (non-hydrogen) atoms. The van der Waals surface area contributed by atoms with Crippen LogP contribution in [0.5, 0.6) is 0 Å². The van der Waals surface area contributed by atoms with Crippen molar-refractivity contribution in [2.75, 3.05) is 4.90 Å². The fourth-order valence-corrected chi connectivity index (χ4v) is 4.22. The van der Waals surface area contributed by atoms with E-state index in [9.17, 15) is 9.59 Å². The van der Waals surface area contributed by atoms with Crippen LogP contribution in [-0.2, 0) is 16.1 Å². The zero-order valence-corrected chi connectivity index (χ0v) is 18.1. The Morgan fingerprint density at radius 2 is 1.66 bits per heavy atom. The van der Waals surface area contributed by atoms with Crippen molar-refractivity contribution in [3.8, 4) is 6.07 Å². The molecule has 2 N–H and O–H groups in total. The van der Waals surface area contributed by atoms with E-state index < -0.39 is 11.8 Å². The van der Waals surface area contributed by atoms with Gasteiger partial charge in [0.05, 0.1) is 11.6 Å². The van der Waals surface area contributed by atoms with Crippen LogP contribution >= 0.6 is 0 Å². The summed E-state index contributed by atoms with van der Waals surface area (Å²) in [5.41, 5.74) is 9.42. The molecule has 0 saturated heterocycles. The van der Waals surface area contributed by atoms with E-state index in [1.54, 1.807) is 36.1 Å². The maximum atomic E-state index is 13.4. The third kappa shape index (κ3) is 3.69. The lowest BCUT2D eigenvalue weighted by Crippen LogP contribution is -2.33. The first kappa shape index (κ1) is 21.1. The minimum Gasteiger partial charge on any atom is -0.370 e. The number of hydrogen-bond acceptors (Lipinski definition) is 3. The SMILES string of the molecule is CCn1c2ccccc2c2cc(N(C(=O)C(C)CC(N)=O)c3ccc(C#N)cc3)ccc21. The summed E-state index contributed by atoms with van der Waals surface area (Å²) in [5, 5.41) is 11.3. The number of amides is 2. The highest BCUT2D eigenvalue weighted by atomic mass is 16.2. The highest BCUT2D eigenvalue weighted by molar-refractivity contribution is 6.11. The van der Waals surface area contributed by atoms with Gasteiger partial charge in [-0.1, -0.05) is 25.1 Å². The van der Waals surface area contributed by atoms with Crippen molar-refractivity contribution in [1.29, 1.82) is 5.26 Å². The number of hydrogen-bond donors (Lipinski definition) is 1. The van der Waals surface area contributed by atoms with Crippen molar-refractivity contribution in [1.82, 2.24) is 4.57 Å². The molecule has 0 aliphatic carbocycles. The van der Waals surface area contributed by atoms with E-state index in [-0.39, 0.29) is 12.3 Å². The Bertz CT molecular complexity index is 1360. The predicted octanol–water partition coefficient (Wildman–Crippen LogP) is 4.86. The molecule has 0 spiro atoms. The molecule has 4 rings (SSSR count). The molecule has 1 atom stereocenters. The molecule has 6 heteroatoms. The van der Waals surface area contributed by atoms with E-state index in [0.29, 0.717) is 16.9 Å². The van der Waals surface area contributed by atoms with Crippen LogP contribution in [0.15, 0.2) is 66.7 Å². The zero-order chi connectivity index (χ0) is 22.8. The highest BCUT2D eigenvalue weighted by Crippen LogP contribution is 2.35. The van der Waals surface area contributed by atoms with Crippen molar-refractivity contribution < 1.29 is 9.59 Å². The van der Waals surface area contributed by atoms with E-state index in [2.05, 4.69) is 29.7 Å². The van der Waals surface area contributed by atoms with Crippen LogP contribution in [0.3, 0.4) is 0 Å². The monoisotopic (exact) mass is 424 g/mol. The number of fused-ring (bicyclic) bond motifs is 3. The van der Waals surface area contributed by atoms with Gasteiger partial charge in [0.25, 0.3) is 0 Å². The normalized spacial score (nSPS) is 11.9. The fourth-order valence-electron chi connectivity index (χ4n) is 4.22. The second-order valence-electron chi connectivity index (χ2n) is 7.87. The van der Waals surface area contributed by atoms with Crippen LogP contribution in [0, 0.1) is 17.2 Å². The summed E-state index contributed by atoms with van der Waals surface area (Å²) >= 11 is 0. The molecule has 6 nitrogen and oxygen atoms in total. The predicted molar refractivity (Wildman–Crippen MR) is 126 cm³/mol. The molecule has 0 aliphatic heterocycles. The van der Waals surface area contributed by atoms with Gasteiger partial charge in [0.1, 0.15) is 0 Å². The van der Waals surface area contributed by atoms with Crippen LogP contribution in [0.4, 0.5) is 11.4 Å². The summed E-state index contributed by atoms with van der Waals surface area (Å²) < 4.78 is 2.25. The molecule has 4 aromatic rings. The van der Waals surface area contributed by atoms with Gasteiger partial charge >= 0.3 is 0 Å². The molecule has 2 amide bonds. The number of benzene rings is 3. The highest BCUT2D eigenvalue weighted by Gasteiger charge is 2.25. The Hall–Kier alpha value is -4.11. The lowest BCUT2D eigenvalue weighted by Gasteiger charge is -2.26. The fraction of sp³-hybridized carbons (Fsp3) is 0.192. The lowest BCUT2D eigenvalue weighted by atomic mass is 10.0. The number of rotatable bonds is 6. The second kappa shape index (κ2) is 8.56. The van der Waals surface area contributed by atoms with Crippen LogP contribution < -0.4 is 10.6 Å². The summed E-state index contributed by atoms with van der Waals surface area (Å²) in [6.45, 7) is 4.64. The van der Waals surface area contributed by atoms with Crippen LogP contribution in [0.2, 0.25) is 0 Å². The van der Waals surface area contributed by atoms with Gasteiger partial charge in [-0.25, -0.2) is 0 Å².